The van der Waals surface area contributed by atoms with Gasteiger partial charge in [-0.15, -0.1) is 10.2 Å². The van der Waals surface area contributed by atoms with Gasteiger partial charge in [-0.2, -0.15) is 0 Å². The third-order valence-corrected chi connectivity index (χ3v) is 5.18. The highest BCUT2D eigenvalue weighted by Gasteiger charge is 2.22. The summed E-state index contributed by atoms with van der Waals surface area (Å²) in [5, 5.41) is 9.67. The molecular weight excluding hydrogens is 374 g/mol. The largest absolute Gasteiger partial charge is 0.288 e. The molecule has 2 aromatic heterocycles. The average Bonchev–Trinajstić information content (AvgIpc) is 2.99. The van der Waals surface area contributed by atoms with E-state index in [9.17, 15) is 0 Å². The van der Waals surface area contributed by atoms with Crippen LogP contribution in [0.25, 0.3) is 11.4 Å². The number of hydrogen-bond acceptors (Lipinski definition) is 5. The van der Waals surface area contributed by atoms with E-state index in [2.05, 4.69) is 58.8 Å². The smallest absolute Gasteiger partial charge is 0.193 e. The number of thioether (sulfide) groups is 1. The van der Waals surface area contributed by atoms with E-state index in [0.717, 1.165) is 45.8 Å². The maximum absolute atomic E-state index is 4.41. The van der Waals surface area contributed by atoms with E-state index in [1.807, 2.05) is 30.5 Å². The summed E-state index contributed by atoms with van der Waals surface area (Å²) in [7, 11) is 0. The molecule has 3 heterocycles. The van der Waals surface area contributed by atoms with E-state index in [1.165, 1.54) is 0 Å². The van der Waals surface area contributed by atoms with Crippen molar-refractivity contribution in [3.8, 4) is 11.4 Å². The molecular formula is C16H14BrN5S. The first-order valence-electron chi connectivity index (χ1n) is 7.24. The number of nitrogens with zero attached hydrogens (tertiary/aromatic N) is 5. The fourth-order valence-corrected chi connectivity index (χ4v) is 3.84. The van der Waals surface area contributed by atoms with Gasteiger partial charge in [-0.3, -0.25) is 14.5 Å². The van der Waals surface area contributed by atoms with Gasteiger partial charge >= 0.3 is 0 Å². The molecule has 116 valence electrons. The molecule has 5 nitrogen and oxygen atoms in total. The van der Waals surface area contributed by atoms with E-state index in [0.29, 0.717) is 0 Å². The highest BCUT2D eigenvalue weighted by Crippen LogP contribution is 2.30. The Morgan fingerprint density at radius 3 is 2.91 bits per heavy atom. The molecule has 0 spiro atoms. The predicted molar refractivity (Wildman–Crippen MR) is 93.7 cm³/mol. The van der Waals surface area contributed by atoms with Crippen LogP contribution in [0.1, 0.15) is 5.69 Å². The first-order chi connectivity index (χ1) is 11.3. The van der Waals surface area contributed by atoms with Crippen molar-refractivity contribution in [3.63, 3.8) is 0 Å². The van der Waals surface area contributed by atoms with Crippen LogP contribution in [0.5, 0.6) is 0 Å². The zero-order valence-corrected chi connectivity index (χ0v) is 14.7. The minimum Gasteiger partial charge on any atom is -0.288 e. The number of halogens is 1. The second-order valence-corrected chi connectivity index (χ2v) is 7.14. The molecule has 7 heteroatoms. The number of pyridine rings is 1. The molecule has 0 saturated heterocycles. The minimum atomic E-state index is 0.772. The maximum atomic E-state index is 4.41. The molecule has 0 bridgehead atoms. The molecule has 0 unspecified atom stereocenters. The Kier molecular flexibility index (Phi) is 4.15. The van der Waals surface area contributed by atoms with Crippen LogP contribution in [0.4, 0.5) is 0 Å². The van der Waals surface area contributed by atoms with Crippen LogP contribution in [0.3, 0.4) is 0 Å². The summed E-state index contributed by atoms with van der Waals surface area (Å²) in [5.74, 6) is 1.80. The summed E-state index contributed by atoms with van der Waals surface area (Å²) in [4.78, 5) is 6.75. The Bertz CT molecular complexity index is 820. The lowest BCUT2D eigenvalue weighted by molar-refractivity contribution is 0.229. The minimum absolute atomic E-state index is 0.772. The molecule has 0 saturated carbocycles. The lowest BCUT2D eigenvalue weighted by Gasteiger charge is -2.27. The Labute approximate surface area is 146 Å². The standard InChI is InChI=1S/C16H14BrN5S/c17-13-5-3-4-12(8-13)15-19-20-16-22(15)10-21(11-23-16)9-14-6-1-2-7-18-14/h1-8H,9-11H2. The molecule has 0 amide bonds. The van der Waals surface area contributed by atoms with Gasteiger partial charge in [0.2, 0.25) is 0 Å². The zero-order chi connectivity index (χ0) is 15.6. The van der Waals surface area contributed by atoms with Gasteiger partial charge in [0.15, 0.2) is 11.0 Å². The van der Waals surface area contributed by atoms with E-state index >= 15 is 0 Å². The Hall–Kier alpha value is -1.70. The summed E-state index contributed by atoms with van der Waals surface area (Å²) in [6.45, 7) is 1.59. The zero-order valence-electron chi connectivity index (χ0n) is 12.3. The molecule has 1 aliphatic heterocycles. The summed E-state index contributed by atoms with van der Waals surface area (Å²) >= 11 is 5.23. The van der Waals surface area contributed by atoms with Crippen molar-refractivity contribution in [2.45, 2.75) is 18.4 Å². The monoisotopic (exact) mass is 387 g/mol. The number of benzene rings is 1. The SMILES string of the molecule is Brc1cccc(-c2nnc3n2CN(Cc2ccccn2)CS3)c1. The van der Waals surface area contributed by atoms with E-state index in [4.69, 9.17) is 0 Å². The highest BCUT2D eigenvalue weighted by molar-refractivity contribution is 9.10. The van der Waals surface area contributed by atoms with Gasteiger partial charge in [0.1, 0.15) is 0 Å². The molecule has 0 fully saturated rings. The fraction of sp³-hybridized carbons (Fsp3) is 0.188. The highest BCUT2D eigenvalue weighted by atomic mass is 79.9. The normalized spacial score (nSPS) is 14.7. The van der Waals surface area contributed by atoms with Crippen LogP contribution in [0, 0.1) is 0 Å². The molecule has 0 atom stereocenters. The number of fused-ring (bicyclic) bond motifs is 1. The van der Waals surface area contributed by atoms with Crippen LogP contribution < -0.4 is 0 Å². The topological polar surface area (TPSA) is 46.8 Å². The summed E-state index contributed by atoms with van der Waals surface area (Å²) < 4.78 is 3.21. The first kappa shape index (κ1) is 14.9. The second-order valence-electron chi connectivity index (χ2n) is 5.31. The molecule has 23 heavy (non-hydrogen) atoms. The van der Waals surface area contributed by atoms with Crippen LogP contribution >= 0.6 is 27.7 Å². The lowest BCUT2D eigenvalue weighted by atomic mass is 10.2. The van der Waals surface area contributed by atoms with Gasteiger partial charge in [0.05, 0.1) is 18.2 Å². The van der Waals surface area contributed by atoms with Crippen molar-refractivity contribution < 1.29 is 0 Å². The predicted octanol–water partition coefficient (Wildman–Crippen LogP) is 3.63. The number of rotatable bonds is 3. The van der Waals surface area contributed by atoms with E-state index in [-0.39, 0.29) is 0 Å². The van der Waals surface area contributed by atoms with Gasteiger partial charge in [0.25, 0.3) is 0 Å². The van der Waals surface area contributed by atoms with Gasteiger partial charge in [-0.1, -0.05) is 45.9 Å². The molecule has 1 aliphatic rings. The quantitative estimate of drug-likeness (QED) is 0.686. The maximum Gasteiger partial charge on any atom is 0.193 e. The Morgan fingerprint density at radius 1 is 1.13 bits per heavy atom. The summed E-state index contributed by atoms with van der Waals surface area (Å²) in [6, 6.07) is 14.2. The van der Waals surface area contributed by atoms with Crippen LogP contribution in [0.15, 0.2) is 58.3 Å². The molecule has 3 aromatic rings. The van der Waals surface area contributed by atoms with Gasteiger partial charge in [-0.25, -0.2) is 0 Å². The summed E-state index contributed by atoms with van der Waals surface area (Å²) in [5.41, 5.74) is 2.15. The van der Waals surface area contributed by atoms with Crippen molar-refractivity contribution >= 4 is 27.7 Å². The van der Waals surface area contributed by atoms with Crippen molar-refractivity contribution in [3.05, 3.63) is 58.8 Å². The van der Waals surface area contributed by atoms with Crippen LogP contribution in [-0.2, 0) is 13.2 Å². The first-order valence-corrected chi connectivity index (χ1v) is 9.02. The molecule has 0 N–H and O–H groups in total. The van der Waals surface area contributed by atoms with Crippen molar-refractivity contribution in [1.29, 1.82) is 0 Å². The van der Waals surface area contributed by atoms with Crippen LogP contribution in [-0.4, -0.2) is 30.5 Å². The summed E-state index contributed by atoms with van der Waals surface area (Å²) in [6.07, 6.45) is 1.84. The second kappa shape index (κ2) is 6.43. The van der Waals surface area contributed by atoms with Crippen molar-refractivity contribution in [1.82, 2.24) is 24.6 Å². The molecule has 1 aromatic carbocycles. The van der Waals surface area contributed by atoms with E-state index in [1.54, 1.807) is 11.8 Å². The molecule has 0 aliphatic carbocycles. The van der Waals surface area contributed by atoms with Crippen molar-refractivity contribution in [2.24, 2.45) is 0 Å². The van der Waals surface area contributed by atoms with Gasteiger partial charge in [-0.05, 0) is 24.3 Å². The molecule has 4 rings (SSSR count). The van der Waals surface area contributed by atoms with Crippen LogP contribution in [0.2, 0.25) is 0 Å². The van der Waals surface area contributed by atoms with E-state index < -0.39 is 0 Å². The lowest BCUT2D eigenvalue weighted by Crippen LogP contribution is -2.30. The Balaban J connectivity index is 1.60. The number of hydrogen-bond donors (Lipinski definition) is 0. The average molecular weight is 388 g/mol. The third kappa shape index (κ3) is 3.17. The fourth-order valence-electron chi connectivity index (χ4n) is 2.57. The Morgan fingerprint density at radius 2 is 2.09 bits per heavy atom. The van der Waals surface area contributed by atoms with Crippen molar-refractivity contribution in [2.75, 3.05) is 5.88 Å². The molecule has 0 radical (unpaired) electrons. The van der Waals surface area contributed by atoms with Gasteiger partial charge in [0, 0.05) is 22.8 Å². The number of aromatic nitrogens is 4. The van der Waals surface area contributed by atoms with Gasteiger partial charge < -0.3 is 0 Å². The third-order valence-electron chi connectivity index (χ3n) is 3.63.